The Bertz CT molecular complexity index is 959. The molecule has 2 N–H and O–H groups in total. The van der Waals surface area contributed by atoms with Crippen molar-refractivity contribution in [3.63, 3.8) is 0 Å². The zero-order chi connectivity index (χ0) is 20.2. The molecule has 1 fully saturated rings. The summed E-state index contributed by atoms with van der Waals surface area (Å²) >= 11 is 6.25. The average Bonchev–Trinajstić information content (AvgIpc) is 2.75. The summed E-state index contributed by atoms with van der Waals surface area (Å²) in [4.78, 5) is 3.60. The van der Waals surface area contributed by atoms with Gasteiger partial charge in [0, 0.05) is 21.5 Å². The highest BCUT2D eigenvalue weighted by Crippen LogP contribution is 2.31. The summed E-state index contributed by atoms with van der Waals surface area (Å²) in [6.07, 6.45) is -0.545. The number of quaternary nitrogens is 1. The SMILES string of the molecule is O[C@H](COc1ccc(Cl)c2ccccc12)C[NH+]1CCN(c2ccc(F)cc2)CC1. The molecule has 3 aromatic rings. The quantitative estimate of drug-likeness (QED) is 0.650. The first kappa shape index (κ1) is 20.0. The van der Waals surface area contributed by atoms with Crippen LogP contribution >= 0.6 is 11.6 Å². The Kier molecular flexibility index (Phi) is 6.19. The molecule has 0 aliphatic carbocycles. The van der Waals surface area contributed by atoms with Gasteiger partial charge >= 0.3 is 0 Å². The lowest BCUT2D eigenvalue weighted by atomic mass is 10.1. The third-order valence-corrected chi connectivity index (χ3v) is 5.78. The fourth-order valence-electron chi connectivity index (χ4n) is 3.88. The number of anilines is 1. The fraction of sp³-hybridized carbons (Fsp3) is 0.304. The lowest BCUT2D eigenvalue weighted by molar-refractivity contribution is -0.903. The van der Waals surface area contributed by atoms with E-state index in [9.17, 15) is 9.50 Å². The molecule has 1 aliphatic rings. The molecule has 4 nitrogen and oxygen atoms in total. The number of fused-ring (bicyclic) bond motifs is 1. The van der Waals surface area contributed by atoms with Gasteiger partial charge in [-0.3, -0.25) is 0 Å². The molecular weight excluding hydrogens is 391 g/mol. The van der Waals surface area contributed by atoms with Crippen molar-refractivity contribution >= 4 is 28.1 Å². The van der Waals surface area contributed by atoms with Crippen LogP contribution in [0.25, 0.3) is 10.8 Å². The molecular formula is C23H25ClFN2O2+. The number of hydrogen-bond acceptors (Lipinski definition) is 3. The van der Waals surface area contributed by atoms with Crippen LogP contribution in [0.15, 0.2) is 60.7 Å². The molecule has 0 aromatic heterocycles. The molecule has 0 spiro atoms. The van der Waals surface area contributed by atoms with Gasteiger partial charge in [0.25, 0.3) is 0 Å². The molecule has 1 saturated heterocycles. The summed E-state index contributed by atoms with van der Waals surface area (Å²) in [5, 5.41) is 13.1. The molecule has 0 amide bonds. The molecule has 29 heavy (non-hydrogen) atoms. The van der Waals surface area contributed by atoms with Crippen LogP contribution in [0.2, 0.25) is 5.02 Å². The van der Waals surface area contributed by atoms with Gasteiger partial charge in [-0.05, 0) is 36.4 Å². The van der Waals surface area contributed by atoms with Gasteiger partial charge in [-0.25, -0.2) is 4.39 Å². The number of ether oxygens (including phenoxy) is 1. The van der Waals surface area contributed by atoms with E-state index in [1.54, 1.807) is 0 Å². The van der Waals surface area contributed by atoms with Crippen molar-refractivity contribution in [3.8, 4) is 5.75 Å². The Morgan fingerprint density at radius 2 is 1.69 bits per heavy atom. The number of halogens is 2. The number of aliphatic hydroxyl groups excluding tert-OH is 1. The van der Waals surface area contributed by atoms with Gasteiger partial charge in [-0.1, -0.05) is 35.9 Å². The van der Waals surface area contributed by atoms with Crippen LogP contribution in [-0.2, 0) is 0 Å². The summed E-state index contributed by atoms with van der Waals surface area (Å²) in [6.45, 7) is 4.52. The highest BCUT2D eigenvalue weighted by atomic mass is 35.5. The van der Waals surface area contributed by atoms with Crippen LogP contribution in [0.3, 0.4) is 0 Å². The molecule has 0 unspecified atom stereocenters. The molecule has 6 heteroatoms. The second-order valence-corrected chi connectivity index (χ2v) is 7.88. The van der Waals surface area contributed by atoms with Crippen molar-refractivity contribution in [2.75, 3.05) is 44.2 Å². The van der Waals surface area contributed by atoms with Gasteiger partial charge in [-0.2, -0.15) is 0 Å². The van der Waals surface area contributed by atoms with E-state index in [-0.39, 0.29) is 12.4 Å². The number of hydrogen-bond donors (Lipinski definition) is 2. The minimum absolute atomic E-state index is 0.213. The minimum Gasteiger partial charge on any atom is -0.490 e. The first-order chi connectivity index (χ1) is 14.1. The molecule has 0 bridgehead atoms. The predicted molar refractivity (Wildman–Crippen MR) is 115 cm³/mol. The average molecular weight is 416 g/mol. The maximum atomic E-state index is 13.1. The van der Waals surface area contributed by atoms with Gasteiger partial charge in [-0.15, -0.1) is 0 Å². The standard InChI is InChI=1S/C23H24ClFN2O2/c24-22-9-10-23(21-4-2-1-3-20(21)22)29-16-19(28)15-26-11-13-27(14-12-26)18-7-5-17(25)6-8-18/h1-10,19,28H,11-16H2/p+1/t19-/m0/s1. The number of nitrogens with one attached hydrogen (secondary N) is 1. The molecule has 0 saturated carbocycles. The molecule has 1 atom stereocenters. The Morgan fingerprint density at radius 3 is 2.41 bits per heavy atom. The first-order valence-corrected chi connectivity index (χ1v) is 10.3. The highest BCUT2D eigenvalue weighted by molar-refractivity contribution is 6.35. The van der Waals surface area contributed by atoms with Crippen molar-refractivity contribution in [2.45, 2.75) is 6.10 Å². The number of aliphatic hydroxyl groups is 1. The third kappa shape index (κ3) is 4.81. The van der Waals surface area contributed by atoms with Crippen LogP contribution in [0.5, 0.6) is 5.75 Å². The minimum atomic E-state index is -0.545. The summed E-state index contributed by atoms with van der Waals surface area (Å²) in [7, 11) is 0. The molecule has 4 rings (SSSR count). The normalized spacial score (nSPS) is 16.2. The lowest BCUT2D eigenvalue weighted by Gasteiger charge is -2.34. The van der Waals surface area contributed by atoms with Crippen molar-refractivity contribution in [3.05, 3.63) is 71.5 Å². The predicted octanol–water partition coefficient (Wildman–Crippen LogP) is 2.78. The Balaban J connectivity index is 1.28. The van der Waals surface area contributed by atoms with Crippen molar-refractivity contribution in [2.24, 2.45) is 0 Å². The lowest BCUT2D eigenvalue weighted by Crippen LogP contribution is -3.16. The van der Waals surface area contributed by atoms with E-state index in [1.165, 1.54) is 17.0 Å². The van der Waals surface area contributed by atoms with E-state index in [0.717, 1.165) is 48.4 Å². The number of piperazine rings is 1. The van der Waals surface area contributed by atoms with Crippen LogP contribution in [0.1, 0.15) is 0 Å². The third-order valence-electron chi connectivity index (χ3n) is 5.45. The van der Waals surface area contributed by atoms with E-state index in [2.05, 4.69) is 4.90 Å². The van der Waals surface area contributed by atoms with Crippen LogP contribution in [0, 0.1) is 5.82 Å². The first-order valence-electron chi connectivity index (χ1n) is 9.92. The second-order valence-electron chi connectivity index (χ2n) is 7.47. The Morgan fingerprint density at radius 1 is 1.00 bits per heavy atom. The smallest absolute Gasteiger partial charge is 0.137 e. The summed E-state index contributed by atoms with van der Waals surface area (Å²) in [6, 6.07) is 18.1. The van der Waals surface area contributed by atoms with E-state index in [0.29, 0.717) is 11.6 Å². The van der Waals surface area contributed by atoms with Crippen molar-refractivity contribution < 1.29 is 19.1 Å². The van der Waals surface area contributed by atoms with Crippen molar-refractivity contribution in [1.82, 2.24) is 0 Å². The molecule has 1 aliphatic heterocycles. The van der Waals surface area contributed by atoms with E-state index in [1.807, 2.05) is 48.5 Å². The topological polar surface area (TPSA) is 37.1 Å². The zero-order valence-electron chi connectivity index (χ0n) is 16.2. The maximum Gasteiger partial charge on any atom is 0.137 e. The van der Waals surface area contributed by atoms with Gasteiger partial charge < -0.3 is 19.6 Å². The van der Waals surface area contributed by atoms with Crippen LogP contribution in [-0.4, -0.2) is 50.5 Å². The fourth-order valence-corrected chi connectivity index (χ4v) is 4.10. The molecule has 1 heterocycles. The summed E-state index contributed by atoms with van der Waals surface area (Å²) < 4.78 is 19.0. The van der Waals surface area contributed by atoms with Crippen LogP contribution < -0.4 is 14.5 Å². The molecule has 3 aromatic carbocycles. The number of rotatable bonds is 6. The number of nitrogens with zero attached hydrogens (tertiary/aromatic N) is 1. The highest BCUT2D eigenvalue weighted by Gasteiger charge is 2.23. The van der Waals surface area contributed by atoms with E-state index < -0.39 is 6.10 Å². The van der Waals surface area contributed by atoms with Crippen LogP contribution in [0.4, 0.5) is 10.1 Å². The van der Waals surface area contributed by atoms with Gasteiger partial charge in [0.2, 0.25) is 0 Å². The molecule has 0 radical (unpaired) electrons. The second kappa shape index (κ2) is 8.99. The number of benzene rings is 3. The molecule has 152 valence electrons. The Labute approximate surface area is 175 Å². The van der Waals surface area contributed by atoms with E-state index in [4.69, 9.17) is 16.3 Å². The summed E-state index contributed by atoms with van der Waals surface area (Å²) in [5.41, 5.74) is 1.05. The van der Waals surface area contributed by atoms with E-state index >= 15 is 0 Å². The van der Waals surface area contributed by atoms with Gasteiger partial charge in [0.15, 0.2) is 0 Å². The summed E-state index contributed by atoms with van der Waals surface area (Å²) in [5.74, 6) is 0.523. The zero-order valence-corrected chi connectivity index (χ0v) is 16.9. The monoisotopic (exact) mass is 415 g/mol. The largest absolute Gasteiger partial charge is 0.490 e. The maximum absolute atomic E-state index is 13.1. The Hall–Kier alpha value is -2.34. The van der Waals surface area contributed by atoms with Gasteiger partial charge in [0.05, 0.1) is 26.2 Å². The van der Waals surface area contributed by atoms with Crippen molar-refractivity contribution in [1.29, 1.82) is 0 Å². The van der Waals surface area contributed by atoms with Gasteiger partial charge in [0.1, 0.15) is 30.8 Å².